The Labute approximate surface area is 116 Å². The van der Waals surface area contributed by atoms with Crippen molar-refractivity contribution in [2.75, 3.05) is 6.54 Å². The highest BCUT2D eigenvalue weighted by molar-refractivity contribution is 7.89. The second-order valence-electron chi connectivity index (χ2n) is 4.41. The molecule has 2 heterocycles. The number of nitrogens with one attached hydrogen (secondary N) is 2. The summed E-state index contributed by atoms with van der Waals surface area (Å²) in [5.74, 6) is 0. The third-order valence-electron chi connectivity index (χ3n) is 2.82. The monoisotopic (exact) mass is 299 g/mol. The van der Waals surface area contributed by atoms with Gasteiger partial charge in [0.05, 0.1) is 18.0 Å². The Balaban J connectivity index is 2.06. The van der Waals surface area contributed by atoms with Crippen molar-refractivity contribution in [3.8, 4) is 0 Å². The van der Waals surface area contributed by atoms with Crippen molar-refractivity contribution in [1.82, 2.24) is 24.7 Å². The molecule has 0 saturated heterocycles. The molecule has 0 saturated carbocycles. The number of rotatable bonds is 6. The van der Waals surface area contributed by atoms with Gasteiger partial charge in [0.1, 0.15) is 10.6 Å². The van der Waals surface area contributed by atoms with Crippen LogP contribution in [0, 0.1) is 6.92 Å². The summed E-state index contributed by atoms with van der Waals surface area (Å²) in [7, 11) is -1.89. The van der Waals surface area contributed by atoms with Crippen LogP contribution in [-0.2, 0) is 30.1 Å². The molecule has 20 heavy (non-hydrogen) atoms. The highest BCUT2D eigenvalue weighted by Gasteiger charge is 2.23. The number of aliphatic hydroxyl groups is 1. The lowest BCUT2D eigenvalue weighted by atomic mass is 10.3. The Bertz CT molecular complexity index is 689. The number of nitrogens with zero attached hydrogens (tertiary/aromatic N) is 3. The molecule has 0 amide bonds. The number of aromatic nitrogens is 4. The number of aliphatic hydroxyl groups excluding tert-OH is 1. The lowest BCUT2D eigenvalue weighted by Crippen LogP contribution is -2.27. The summed E-state index contributed by atoms with van der Waals surface area (Å²) in [5.41, 5.74) is 1.33. The van der Waals surface area contributed by atoms with Gasteiger partial charge in [-0.15, -0.1) is 0 Å². The first kappa shape index (κ1) is 14.7. The van der Waals surface area contributed by atoms with Crippen LogP contribution in [0.3, 0.4) is 0 Å². The minimum absolute atomic E-state index is 0.0148. The van der Waals surface area contributed by atoms with Gasteiger partial charge in [-0.3, -0.25) is 9.78 Å². The Hall–Kier alpha value is -1.71. The molecule has 2 rings (SSSR count). The van der Waals surface area contributed by atoms with Gasteiger partial charge in [0.15, 0.2) is 0 Å². The van der Waals surface area contributed by atoms with E-state index in [9.17, 15) is 8.42 Å². The molecule has 0 fully saturated rings. The Morgan fingerprint density at radius 1 is 1.50 bits per heavy atom. The number of hydrogen-bond acceptors (Lipinski definition) is 5. The Morgan fingerprint density at radius 3 is 2.85 bits per heavy atom. The maximum atomic E-state index is 12.2. The van der Waals surface area contributed by atoms with Gasteiger partial charge in [0.2, 0.25) is 10.0 Å². The molecule has 110 valence electrons. The number of hydrogen-bond donors (Lipinski definition) is 3. The van der Waals surface area contributed by atoms with Gasteiger partial charge in [-0.05, 0) is 13.0 Å². The first-order chi connectivity index (χ1) is 9.44. The summed E-state index contributed by atoms with van der Waals surface area (Å²) >= 11 is 0. The van der Waals surface area contributed by atoms with Gasteiger partial charge in [0, 0.05) is 26.2 Å². The topological polar surface area (TPSA) is 113 Å². The molecule has 0 aromatic carbocycles. The predicted octanol–water partition coefficient (Wildman–Crippen LogP) is -0.535. The summed E-state index contributed by atoms with van der Waals surface area (Å²) in [6, 6.07) is 1.83. The molecule has 8 nitrogen and oxygen atoms in total. The van der Waals surface area contributed by atoms with Crippen LogP contribution in [0.2, 0.25) is 0 Å². The molecule has 0 aliphatic rings. The average Bonchev–Trinajstić information content (AvgIpc) is 2.95. The van der Waals surface area contributed by atoms with E-state index in [-0.39, 0.29) is 17.1 Å². The second kappa shape index (κ2) is 5.73. The molecule has 0 bridgehead atoms. The van der Waals surface area contributed by atoms with E-state index in [2.05, 4.69) is 20.0 Å². The molecular weight excluding hydrogens is 282 g/mol. The van der Waals surface area contributed by atoms with Crippen molar-refractivity contribution in [1.29, 1.82) is 0 Å². The van der Waals surface area contributed by atoms with Crippen molar-refractivity contribution in [2.45, 2.75) is 24.8 Å². The van der Waals surface area contributed by atoms with Crippen LogP contribution in [0.15, 0.2) is 17.2 Å². The molecule has 0 unspecified atom stereocenters. The first-order valence-electron chi connectivity index (χ1n) is 6.07. The van der Waals surface area contributed by atoms with E-state index in [4.69, 9.17) is 5.11 Å². The fourth-order valence-electron chi connectivity index (χ4n) is 1.92. The quantitative estimate of drug-likeness (QED) is 0.663. The van der Waals surface area contributed by atoms with Crippen LogP contribution < -0.4 is 4.72 Å². The van der Waals surface area contributed by atoms with Crippen LogP contribution in [0.5, 0.6) is 0 Å². The summed E-state index contributed by atoms with van der Waals surface area (Å²) in [5, 5.41) is 19.6. The van der Waals surface area contributed by atoms with Crippen LogP contribution >= 0.6 is 0 Å². The van der Waals surface area contributed by atoms with E-state index in [1.165, 1.54) is 0 Å². The molecule has 0 aliphatic heterocycles. The average molecular weight is 299 g/mol. The van der Waals surface area contributed by atoms with Crippen LogP contribution in [0.25, 0.3) is 0 Å². The fraction of sp³-hybridized carbons (Fsp3) is 0.455. The third-order valence-corrected chi connectivity index (χ3v) is 4.49. The van der Waals surface area contributed by atoms with E-state index in [0.717, 1.165) is 5.69 Å². The van der Waals surface area contributed by atoms with Crippen molar-refractivity contribution in [3.05, 3.63) is 29.3 Å². The lowest BCUT2D eigenvalue weighted by Gasteiger charge is -2.06. The van der Waals surface area contributed by atoms with Crippen molar-refractivity contribution in [3.63, 3.8) is 0 Å². The highest BCUT2D eigenvalue weighted by Crippen LogP contribution is 2.17. The fourth-order valence-corrected chi connectivity index (χ4v) is 3.30. The standard InChI is InChI=1S/C11H17N5O3S/c1-8-11(10(7-17)14-13-8)20(18,19)12-5-3-9-4-6-16(2)15-9/h4,6,12,17H,3,5,7H2,1-2H3,(H,13,14). The van der Waals surface area contributed by atoms with Gasteiger partial charge in [-0.1, -0.05) is 0 Å². The molecule has 9 heteroatoms. The Kier molecular flexibility index (Phi) is 4.21. The minimum atomic E-state index is -3.69. The van der Waals surface area contributed by atoms with Crippen molar-refractivity contribution < 1.29 is 13.5 Å². The molecule has 3 N–H and O–H groups in total. The first-order valence-corrected chi connectivity index (χ1v) is 7.55. The number of aryl methyl sites for hydroxylation is 2. The van der Waals surface area contributed by atoms with E-state index < -0.39 is 16.6 Å². The summed E-state index contributed by atoms with van der Waals surface area (Å²) in [6.45, 7) is 1.40. The van der Waals surface area contributed by atoms with Crippen LogP contribution in [0.1, 0.15) is 17.1 Å². The normalized spacial score (nSPS) is 11.9. The predicted molar refractivity (Wildman–Crippen MR) is 71.3 cm³/mol. The zero-order valence-electron chi connectivity index (χ0n) is 11.3. The van der Waals surface area contributed by atoms with E-state index >= 15 is 0 Å². The molecule has 0 atom stereocenters. The maximum absolute atomic E-state index is 12.2. The maximum Gasteiger partial charge on any atom is 0.244 e. The Morgan fingerprint density at radius 2 is 2.25 bits per heavy atom. The highest BCUT2D eigenvalue weighted by atomic mass is 32.2. The van der Waals surface area contributed by atoms with Gasteiger partial charge in [-0.2, -0.15) is 10.2 Å². The number of sulfonamides is 1. The largest absolute Gasteiger partial charge is 0.390 e. The zero-order valence-corrected chi connectivity index (χ0v) is 12.1. The molecule has 0 aliphatic carbocycles. The molecule has 0 spiro atoms. The number of H-pyrrole nitrogens is 1. The van der Waals surface area contributed by atoms with Crippen molar-refractivity contribution >= 4 is 10.0 Å². The third kappa shape index (κ3) is 3.06. The molecule has 2 aromatic rings. The van der Waals surface area contributed by atoms with Crippen molar-refractivity contribution in [2.24, 2.45) is 7.05 Å². The van der Waals surface area contributed by atoms with E-state index in [0.29, 0.717) is 12.1 Å². The van der Waals surface area contributed by atoms with Gasteiger partial charge in [0.25, 0.3) is 0 Å². The summed E-state index contributed by atoms with van der Waals surface area (Å²) in [4.78, 5) is 0.0148. The van der Waals surface area contributed by atoms with E-state index in [1.807, 2.05) is 6.07 Å². The zero-order chi connectivity index (χ0) is 14.8. The summed E-state index contributed by atoms with van der Waals surface area (Å²) in [6.07, 6.45) is 2.29. The SMILES string of the molecule is Cc1[nH]nc(CO)c1S(=O)(=O)NCCc1ccn(C)n1. The minimum Gasteiger partial charge on any atom is -0.390 e. The smallest absolute Gasteiger partial charge is 0.244 e. The van der Waals surface area contributed by atoms with E-state index in [1.54, 1.807) is 24.9 Å². The molecular formula is C11H17N5O3S. The van der Waals surface area contributed by atoms with Crippen LogP contribution in [0.4, 0.5) is 0 Å². The van der Waals surface area contributed by atoms with Gasteiger partial charge in [-0.25, -0.2) is 13.1 Å². The second-order valence-corrected chi connectivity index (χ2v) is 6.11. The molecule has 2 aromatic heterocycles. The lowest BCUT2D eigenvalue weighted by molar-refractivity contribution is 0.273. The summed E-state index contributed by atoms with van der Waals surface area (Å²) < 4.78 is 28.5. The molecule has 0 radical (unpaired) electrons. The van der Waals surface area contributed by atoms with Gasteiger partial charge >= 0.3 is 0 Å². The van der Waals surface area contributed by atoms with Gasteiger partial charge < -0.3 is 5.11 Å². The van der Waals surface area contributed by atoms with Crippen LogP contribution in [-0.4, -0.2) is 40.0 Å². The number of aromatic amines is 1.